The molecule has 0 aliphatic heterocycles. The molecule has 4 rings (SSSR count). The summed E-state index contributed by atoms with van der Waals surface area (Å²) in [5, 5.41) is 10.7. The van der Waals surface area contributed by atoms with Gasteiger partial charge in [0.05, 0.1) is 46.3 Å². The first-order valence-corrected chi connectivity index (χ1v) is 12.3. The van der Waals surface area contributed by atoms with Gasteiger partial charge in [-0.3, -0.25) is 9.59 Å². The highest BCUT2D eigenvalue weighted by atomic mass is 35.5. The number of anilines is 1. The molecule has 0 atom stereocenters. The van der Waals surface area contributed by atoms with Gasteiger partial charge in [0.15, 0.2) is 0 Å². The standard InChI is InChI=1S/C28H26ClF3N4O3/c1-27(2,3)26(38)33-14-16-8-10-21(29)18(12-16)25(37)35-22-6-5-7-23-19(22)15-34-36(23)17-9-11-24(39-4)20(13-17)28(30,31)32/h5-13,15H,14H2,1-4H3,(H,33,38)(H,35,37). The average Bonchev–Trinajstić information content (AvgIpc) is 3.31. The second kappa shape index (κ2) is 10.6. The van der Waals surface area contributed by atoms with Crippen molar-refractivity contribution in [2.24, 2.45) is 5.41 Å². The van der Waals surface area contributed by atoms with Crippen LogP contribution in [0.1, 0.15) is 42.3 Å². The number of alkyl halides is 3. The van der Waals surface area contributed by atoms with Crippen LogP contribution in [-0.4, -0.2) is 28.7 Å². The largest absolute Gasteiger partial charge is 0.496 e. The number of carbonyl (C=O) groups is 2. The number of rotatable bonds is 6. The van der Waals surface area contributed by atoms with Gasteiger partial charge < -0.3 is 15.4 Å². The molecule has 1 aromatic heterocycles. The Morgan fingerprint density at radius 3 is 2.46 bits per heavy atom. The van der Waals surface area contributed by atoms with Crippen LogP contribution < -0.4 is 15.4 Å². The van der Waals surface area contributed by atoms with E-state index in [1.165, 1.54) is 30.1 Å². The van der Waals surface area contributed by atoms with Crippen molar-refractivity contribution in [1.82, 2.24) is 15.1 Å². The highest BCUT2D eigenvalue weighted by molar-refractivity contribution is 6.34. The number of halogens is 4. The number of carbonyl (C=O) groups excluding carboxylic acids is 2. The van der Waals surface area contributed by atoms with Gasteiger partial charge in [-0.25, -0.2) is 4.68 Å². The molecule has 0 fully saturated rings. The van der Waals surface area contributed by atoms with E-state index in [0.29, 0.717) is 22.2 Å². The zero-order valence-corrected chi connectivity index (χ0v) is 22.4. The van der Waals surface area contributed by atoms with Crippen LogP contribution in [0.3, 0.4) is 0 Å². The minimum atomic E-state index is -4.62. The predicted molar refractivity (Wildman–Crippen MR) is 143 cm³/mol. The number of ether oxygens (including phenoxy) is 1. The topological polar surface area (TPSA) is 85.2 Å². The number of aromatic nitrogens is 2. The highest BCUT2D eigenvalue weighted by Gasteiger charge is 2.35. The fourth-order valence-corrected chi connectivity index (χ4v) is 4.11. The van der Waals surface area contributed by atoms with Gasteiger partial charge in [0.2, 0.25) is 5.91 Å². The third-order valence-corrected chi connectivity index (χ3v) is 6.33. The fraction of sp³-hybridized carbons (Fsp3) is 0.250. The Balaban J connectivity index is 1.62. The minimum Gasteiger partial charge on any atom is -0.496 e. The normalized spacial score (nSPS) is 11.9. The average molecular weight is 559 g/mol. The molecule has 2 N–H and O–H groups in total. The van der Waals surface area contributed by atoms with Gasteiger partial charge in [0.25, 0.3) is 5.91 Å². The summed E-state index contributed by atoms with van der Waals surface area (Å²) in [4.78, 5) is 25.4. The fourth-order valence-electron chi connectivity index (χ4n) is 3.91. The van der Waals surface area contributed by atoms with Crippen LogP contribution in [0.15, 0.2) is 60.8 Å². The van der Waals surface area contributed by atoms with E-state index in [1.807, 2.05) is 0 Å². The lowest BCUT2D eigenvalue weighted by atomic mass is 9.95. The van der Waals surface area contributed by atoms with Gasteiger partial charge in [-0.2, -0.15) is 18.3 Å². The molecule has 0 saturated heterocycles. The number of nitrogens with zero attached hydrogens (tertiary/aromatic N) is 2. The van der Waals surface area contributed by atoms with Crippen molar-refractivity contribution in [2.45, 2.75) is 33.5 Å². The van der Waals surface area contributed by atoms with Crippen LogP contribution in [0.5, 0.6) is 5.75 Å². The number of amides is 2. The summed E-state index contributed by atoms with van der Waals surface area (Å²) in [6.07, 6.45) is -3.16. The van der Waals surface area contributed by atoms with Gasteiger partial charge in [-0.05, 0) is 48.0 Å². The van der Waals surface area contributed by atoms with E-state index in [4.69, 9.17) is 16.3 Å². The second-order valence-corrected chi connectivity index (χ2v) is 10.3. The van der Waals surface area contributed by atoms with E-state index < -0.39 is 23.1 Å². The maximum Gasteiger partial charge on any atom is 0.420 e. The van der Waals surface area contributed by atoms with Crippen molar-refractivity contribution >= 4 is 40.0 Å². The molecule has 0 aliphatic rings. The molecule has 0 radical (unpaired) electrons. The maximum absolute atomic E-state index is 13.6. The van der Waals surface area contributed by atoms with Crippen LogP contribution in [0.4, 0.5) is 18.9 Å². The number of benzene rings is 3. The molecular formula is C28H26ClF3N4O3. The summed E-state index contributed by atoms with van der Waals surface area (Å²) < 4.78 is 46.9. The van der Waals surface area contributed by atoms with Gasteiger partial charge in [-0.1, -0.05) is 44.5 Å². The lowest BCUT2D eigenvalue weighted by Crippen LogP contribution is -2.34. The molecule has 0 unspecified atom stereocenters. The summed E-state index contributed by atoms with van der Waals surface area (Å²) in [5.41, 5.74) is 0.461. The smallest absolute Gasteiger partial charge is 0.420 e. The third-order valence-electron chi connectivity index (χ3n) is 6.00. The van der Waals surface area contributed by atoms with Crippen molar-refractivity contribution in [1.29, 1.82) is 0 Å². The van der Waals surface area contributed by atoms with Crippen LogP contribution >= 0.6 is 11.6 Å². The van der Waals surface area contributed by atoms with Crippen molar-refractivity contribution < 1.29 is 27.5 Å². The molecule has 11 heteroatoms. The minimum absolute atomic E-state index is 0.133. The molecule has 3 aromatic carbocycles. The van der Waals surface area contributed by atoms with Gasteiger partial charge in [0, 0.05) is 17.3 Å². The van der Waals surface area contributed by atoms with Crippen LogP contribution in [0, 0.1) is 5.41 Å². The number of nitrogens with one attached hydrogen (secondary N) is 2. The van der Waals surface area contributed by atoms with Gasteiger partial charge in [-0.15, -0.1) is 0 Å². The Labute approximate surface area is 227 Å². The highest BCUT2D eigenvalue weighted by Crippen LogP contribution is 2.38. The Morgan fingerprint density at radius 2 is 1.79 bits per heavy atom. The summed E-state index contributed by atoms with van der Waals surface area (Å²) in [6.45, 7) is 5.62. The molecule has 2 amide bonds. The molecule has 0 bridgehead atoms. The third kappa shape index (κ3) is 6.01. The molecule has 1 heterocycles. The summed E-state index contributed by atoms with van der Waals surface area (Å²) in [6, 6.07) is 13.5. The Morgan fingerprint density at radius 1 is 1.05 bits per heavy atom. The first-order chi connectivity index (χ1) is 18.3. The first-order valence-electron chi connectivity index (χ1n) is 11.9. The second-order valence-electron chi connectivity index (χ2n) is 9.88. The van der Waals surface area contributed by atoms with Crippen molar-refractivity contribution in [3.05, 3.63) is 82.5 Å². The predicted octanol–water partition coefficient (Wildman–Crippen LogP) is 6.62. The quantitative estimate of drug-likeness (QED) is 0.278. The molecule has 0 saturated carbocycles. The number of methoxy groups -OCH3 is 1. The van der Waals surface area contributed by atoms with Crippen LogP contribution in [0.2, 0.25) is 5.02 Å². The maximum atomic E-state index is 13.6. The van der Waals surface area contributed by atoms with E-state index in [1.54, 1.807) is 57.2 Å². The van der Waals surface area contributed by atoms with E-state index in [0.717, 1.165) is 6.07 Å². The summed E-state index contributed by atoms with van der Waals surface area (Å²) in [5.74, 6) is -0.924. The Hall–Kier alpha value is -4.05. The molecule has 4 aromatic rings. The first kappa shape index (κ1) is 28.0. The SMILES string of the molecule is COc1ccc(-n2ncc3c(NC(=O)c4cc(CNC(=O)C(C)(C)C)ccc4Cl)cccc32)cc1C(F)(F)F. The molecule has 7 nitrogen and oxygen atoms in total. The van der Waals surface area contributed by atoms with Crippen molar-refractivity contribution in [3.63, 3.8) is 0 Å². The number of fused-ring (bicyclic) bond motifs is 1. The Bertz CT molecular complexity index is 1560. The molecular weight excluding hydrogens is 533 g/mol. The zero-order chi connectivity index (χ0) is 28.5. The lowest BCUT2D eigenvalue weighted by molar-refractivity contribution is -0.138. The van der Waals surface area contributed by atoms with E-state index in [2.05, 4.69) is 15.7 Å². The molecule has 39 heavy (non-hydrogen) atoms. The Kier molecular flexibility index (Phi) is 7.61. The van der Waals surface area contributed by atoms with Crippen LogP contribution in [0.25, 0.3) is 16.6 Å². The van der Waals surface area contributed by atoms with E-state index in [9.17, 15) is 22.8 Å². The van der Waals surface area contributed by atoms with Crippen molar-refractivity contribution in [2.75, 3.05) is 12.4 Å². The summed E-state index contributed by atoms with van der Waals surface area (Å²) >= 11 is 6.30. The van der Waals surface area contributed by atoms with E-state index in [-0.39, 0.29) is 34.5 Å². The molecule has 204 valence electrons. The van der Waals surface area contributed by atoms with Crippen LogP contribution in [-0.2, 0) is 17.5 Å². The molecule has 0 spiro atoms. The lowest BCUT2D eigenvalue weighted by Gasteiger charge is -2.18. The monoisotopic (exact) mass is 558 g/mol. The number of hydrogen-bond acceptors (Lipinski definition) is 4. The molecule has 0 aliphatic carbocycles. The van der Waals surface area contributed by atoms with Gasteiger partial charge >= 0.3 is 6.18 Å². The van der Waals surface area contributed by atoms with Crippen molar-refractivity contribution in [3.8, 4) is 11.4 Å². The number of hydrogen-bond donors (Lipinski definition) is 2. The van der Waals surface area contributed by atoms with Gasteiger partial charge in [0.1, 0.15) is 5.75 Å². The zero-order valence-electron chi connectivity index (χ0n) is 21.6. The van der Waals surface area contributed by atoms with E-state index >= 15 is 0 Å². The summed E-state index contributed by atoms with van der Waals surface area (Å²) in [7, 11) is 1.17.